The highest BCUT2D eigenvalue weighted by atomic mass is 19.1. The van der Waals surface area contributed by atoms with Crippen molar-refractivity contribution < 1.29 is 9.13 Å². The summed E-state index contributed by atoms with van der Waals surface area (Å²) in [5, 5.41) is 11.0. The van der Waals surface area contributed by atoms with Crippen molar-refractivity contribution in [1.29, 1.82) is 0 Å². The molecule has 7 heteroatoms. The zero-order valence-corrected chi connectivity index (χ0v) is 15.6. The Morgan fingerprint density at radius 2 is 2.11 bits per heavy atom. The molecule has 0 saturated heterocycles. The number of benzene rings is 1. The first-order valence-electron chi connectivity index (χ1n) is 8.93. The number of nitrogens with zero attached hydrogens (tertiary/aromatic N) is 3. The van der Waals surface area contributed by atoms with Crippen LogP contribution in [0, 0.1) is 12.7 Å². The largest absolute Gasteiger partial charge is 0.489 e. The Morgan fingerprint density at radius 1 is 1.30 bits per heavy atom. The lowest BCUT2D eigenvalue weighted by Crippen LogP contribution is -2.28. The van der Waals surface area contributed by atoms with Crippen LogP contribution in [-0.4, -0.2) is 27.2 Å². The number of ether oxygens (including phenoxy) is 1. The van der Waals surface area contributed by atoms with Crippen LogP contribution < -0.4 is 15.4 Å². The maximum Gasteiger partial charge on any atom is 0.166 e. The topological polar surface area (TPSA) is 63.5 Å². The van der Waals surface area contributed by atoms with Crippen LogP contribution in [0.25, 0.3) is 11.3 Å². The molecule has 4 rings (SSSR count). The highest BCUT2D eigenvalue weighted by Gasteiger charge is 2.21. The van der Waals surface area contributed by atoms with E-state index in [1.807, 2.05) is 26.1 Å². The van der Waals surface area contributed by atoms with Gasteiger partial charge in [-0.1, -0.05) is 6.58 Å². The summed E-state index contributed by atoms with van der Waals surface area (Å²) in [5.74, 6) is 1.08. The van der Waals surface area contributed by atoms with Crippen LogP contribution in [0.3, 0.4) is 0 Å². The fourth-order valence-corrected chi connectivity index (χ4v) is 3.39. The van der Waals surface area contributed by atoms with Gasteiger partial charge in [0.25, 0.3) is 0 Å². The summed E-state index contributed by atoms with van der Waals surface area (Å²) in [6.07, 6.45) is 3.44. The molecule has 6 nitrogen and oxygen atoms in total. The van der Waals surface area contributed by atoms with Crippen LogP contribution in [0.15, 0.2) is 37.2 Å². The zero-order chi connectivity index (χ0) is 19.1. The smallest absolute Gasteiger partial charge is 0.166 e. The van der Waals surface area contributed by atoms with Crippen molar-refractivity contribution in [2.24, 2.45) is 0 Å². The van der Waals surface area contributed by atoms with Gasteiger partial charge in [0.05, 0.1) is 24.3 Å². The third kappa shape index (κ3) is 3.09. The van der Waals surface area contributed by atoms with Crippen LogP contribution in [-0.2, 0) is 0 Å². The standard InChI is InChI=1S/C20H22FN5O/c1-11-9-22-13(3)15-10-23-26-8-7-18(25-20(15)26)24-14(4)19-12(2)16(21)5-6-17(19)27-11/h5-8,10-11,14,22H,3,9H2,1-2,4H3,(H,24,25)/t11-,14+/m0/s1. The van der Waals surface area contributed by atoms with Crippen molar-refractivity contribution in [1.82, 2.24) is 19.9 Å². The van der Waals surface area contributed by atoms with Crippen LogP contribution >= 0.6 is 0 Å². The lowest BCUT2D eigenvalue weighted by molar-refractivity contribution is 0.220. The SMILES string of the molecule is C=C1NC[C@H](C)Oc2ccc(F)c(C)c2[C@@H](C)Nc2ccn3ncc1c3n2. The van der Waals surface area contributed by atoms with Gasteiger partial charge >= 0.3 is 0 Å². The summed E-state index contributed by atoms with van der Waals surface area (Å²) in [7, 11) is 0. The number of hydrogen-bond acceptors (Lipinski definition) is 5. The molecule has 2 atom stereocenters. The fourth-order valence-electron chi connectivity index (χ4n) is 3.39. The summed E-state index contributed by atoms with van der Waals surface area (Å²) in [6, 6.07) is 4.78. The first kappa shape index (κ1) is 17.3. The van der Waals surface area contributed by atoms with Gasteiger partial charge in [-0.3, -0.25) is 0 Å². The van der Waals surface area contributed by atoms with Crippen LogP contribution in [0.4, 0.5) is 10.2 Å². The molecular weight excluding hydrogens is 345 g/mol. The quantitative estimate of drug-likeness (QED) is 0.634. The predicted molar refractivity (Wildman–Crippen MR) is 103 cm³/mol. The molecule has 0 unspecified atom stereocenters. The lowest BCUT2D eigenvalue weighted by atomic mass is 10.0. The summed E-state index contributed by atoms with van der Waals surface area (Å²) in [4.78, 5) is 4.68. The first-order chi connectivity index (χ1) is 12.9. The van der Waals surface area contributed by atoms with E-state index in [1.165, 1.54) is 6.07 Å². The summed E-state index contributed by atoms with van der Waals surface area (Å²) in [5.41, 5.74) is 3.62. The van der Waals surface area contributed by atoms with E-state index in [4.69, 9.17) is 4.74 Å². The molecule has 1 aliphatic heterocycles. The monoisotopic (exact) mass is 367 g/mol. The molecule has 1 aromatic carbocycles. The number of aromatic nitrogens is 3. The van der Waals surface area contributed by atoms with Gasteiger partial charge in [-0.2, -0.15) is 5.10 Å². The molecule has 0 amide bonds. The molecule has 0 fully saturated rings. The molecule has 1 aliphatic rings. The third-order valence-electron chi connectivity index (χ3n) is 4.83. The fraction of sp³-hybridized carbons (Fsp3) is 0.300. The van der Waals surface area contributed by atoms with Crippen molar-refractivity contribution in [2.75, 3.05) is 11.9 Å². The normalized spacial score (nSPS) is 19.9. The van der Waals surface area contributed by atoms with E-state index in [0.29, 0.717) is 29.3 Å². The molecule has 3 aromatic rings. The summed E-state index contributed by atoms with van der Waals surface area (Å²) in [6.45, 7) is 10.4. The van der Waals surface area contributed by atoms with Gasteiger partial charge < -0.3 is 15.4 Å². The Bertz CT molecular complexity index is 1030. The third-order valence-corrected chi connectivity index (χ3v) is 4.83. The van der Waals surface area contributed by atoms with Gasteiger partial charge in [-0.15, -0.1) is 0 Å². The van der Waals surface area contributed by atoms with Crippen LogP contribution in [0.5, 0.6) is 5.75 Å². The van der Waals surface area contributed by atoms with Crippen LogP contribution in [0.1, 0.15) is 36.6 Å². The maximum atomic E-state index is 14.2. The molecule has 27 heavy (non-hydrogen) atoms. The van der Waals surface area contributed by atoms with Crippen molar-refractivity contribution in [2.45, 2.75) is 32.9 Å². The van der Waals surface area contributed by atoms with Crippen molar-refractivity contribution in [3.63, 3.8) is 0 Å². The molecule has 2 bridgehead atoms. The average Bonchev–Trinajstić information content (AvgIpc) is 3.05. The molecular formula is C20H22FN5O. The van der Waals surface area contributed by atoms with Crippen LogP contribution in [0.2, 0.25) is 0 Å². The minimum atomic E-state index is -0.254. The van der Waals surface area contributed by atoms with Gasteiger partial charge in [-0.05, 0) is 44.5 Å². The van der Waals surface area contributed by atoms with E-state index in [9.17, 15) is 4.39 Å². The number of nitrogens with one attached hydrogen (secondary N) is 2. The molecule has 0 saturated carbocycles. The van der Waals surface area contributed by atoms with Crippen molar-refractivity contribution in [3.8, 4) is 5.75 Å². The highest BCUT2D eigenvalue weighted by molar-refractivity contribution is 5.73. The number of halogens is 1. The van der Waals surface area contributed by atoms with E-state index >= 15 is 0 Å². The summed E-state index contributed by atoms with van der Waals surface area (Å²) >= 11 is 0. The van der Waals surface area contributed by atoms with Gasteiger partial charge in [0.2, 0.25) is 0 Å². The lowest BCUT2D eigenvalue weighted by Gasteiger charge is -2.24. The van der Waals surface area contributed by atoms with Crippen molar-refractivity contribution >= 4 is 17.2 Å². The van der Waals surface area contributed by atoms with E-state index in [0.717, 1.165) is 16.8 Å². The molecule has 3 heterocycles. The Labute approximate surface area is 157 Å². The Balaban J connectivity index is 1.85. The number of hydrogen-bond donors (Lipinski definition) is 2. The van der Waals surface area contributed by atoms with Crippen molar-refractivity contribution in [3.05, 3.63) is 59.7 Å². The second-order valence-corrected chi connectivity index (χ2v) is 6.88. The summed E-state index contributed by atoms with van der Waals surface area (Å²) < 4.78 is 22.1. The highest BCUT2D eigenvalue weighted by Crippen LogP contribution is 2.33. The zero-order valence-electron chi connectivity index (χ0n) is 15.6. The second kappa shape index (κ2) is 6.57. The van der Waals surface area contributed by atoms with Gasteiger partial charge in [0.15, 0.2) is 5.65 Å². The Hall–Kier alpha value is -3.09. The predicted octanol–water partition coefficient (Wildman–Crippen LogP) is 3.69. The van der Waals surface area contributed by atoms with Gasteiger partial charge in [0, 0.05) is 17.5 Å². The maximum absolute atomic E-state index is 14.2. The molecule has 0 aliphatic carbocycles. The number of rotatable bonds is 0. The van der Waals surface area contributed by atoms with Gasteiger partial charge in [0.1, 0.15) is 23.5 Å². The minimum Gasteiger partial charge on any atom is -0.489 e. The second-order valence-electron chi connectivity index (χ2n) is 6.88. The van der Waals surface area contributed by atoms with E-state index < -0.39 is 0 Å². The molecule has 140 valence electrons. The van der Waals surface area contributed by atoms with E-state index in [2.05, 4.69) is 27.3 Å². The minimum absolute atomic E-state index is 0.138. The molecule has 0 radical (unpaired) electrons. The average molecular weight is 367 g/mol. The number of fused-ring (bicyclic) bond motifs is 2. The van der Waals surface area contributed by atoms with E-state index in [1.54, 1.807) is 23.7 Å². The Morgan fingerprint density at radius 3 is 2.93 bits per heavy atom. The number of anilines is 1. The van der Waals surface area contributed by atoms with Gasteiger partial charge in [-0.25, -0.2) is 13.9 Å². The molecule has 2 aromatic heterocycles. The molecule has 0 spiro atoms. The Kier molecular flexibility index (Phi) is 4.22. The first-order valence-corrected chi connectivity index (χ1v) is 8.93. The molecule has 2 N–H and O–H groups in total. The van der Waals surface area contributed by atoms with E-state index in [-0.39, 0.29) is 18.0 Å².